The van der Waals surface area contributed by atoms with Gasteiger partial charge in [-0.05, 0) is 34.5 Å². The molecule has 1 rings (SSSR count). The van der Waals surface area contributed by atoms with Gasteiger partial charge in [0.1, 0.15) is 10.4 Å². The third kappa shape index (κ3) is 5.71. The average Bonchev–Trinajstić information content (AvgIpc) is 2.23. The summed E-state index contributed by atoms with van der Waals surface area (Å²) in [6.07, 6.45) is 0.897. The number of anilines is 1. The van der Waals surface area contributed by atoms with E-state index in [2.05, 4.69) is 26.2 Å². The van der Waals surface area contributed by atoms with Crippen molar-refractivity contribution in [2.24, 2.45) is 0 Å². The van der Waals surface area contributed by atoms with Crippen LogP contribution >= 0.6 is 15.9 Å². The summed E-state index contributed by atoms with van der Waals surface area (Å²) in [5, 5.41) is 11.7. The van der Waals surface area contributed by atoms with Gasteiger partial charge in [0.05, 0.1) is 13.2 Å². The minimum Gasteiger partial charge on any atom is -0.394 e. The smallest absolute Gasteiger partial charge is 0.127 e. The van der Waals surface area contributed by atoms with Crippen LogP contribution in [0.4, 0.5) is 5.82 Å². The summed E-state index contributed by atoms with van der Waals surface area (Å²) in [6, 6.07) is 5.73. The second kappa shape index (κ2) is 7.62. The van der Waals surface area contributed by atoms with Crippen molar-refractivity contribution in [3.05, 3.63) is 22.8 Å². The van der Waals surface area contributed by atoms with Gasteiger partial charge in [0.2, 0.25) is 0 Å². The van der Waals surface area contributed by atoms with Crippen molar-refractivity contribution < 1.29 is 9.84 Å². The van der Waals surface area contributed by atoms with Crippen LogP contribution in [0.15, 0.2) is 22.8 Å². The molecule has 1 heterocycles. The molecule has 84 valence electrons. The Hall–Kier alpha value is -0.650. The number of aliphatic hydroxyl groups is 1. The van der Waals surface area contributed by atoms with Gasteiger partial charge in [-0.3, -0.25) is 0 Å². The molecule has 15 heavy (non-hydrogen) atoms. The topological polar surface area (TPSA) is 54.4 Å². The van der Waals surface area contributed by atoms with E-state index in [1.807, 2.05) is 18.2 Å². The van der Waals surface area contributed by atoms with Crippen LogP contribution < -0.4 is 5.32 Å². The van der Waals surface area contributed by atoms with Crippen molar-refractivity contribution in [1.82, 2.24) is 4.98 Å². The summed E-state index contributed by atoms with van der Waals surface area (Å²) in [5.41, 5.74) is 0. The number of halogens is 1. The number of aromatic nitrogens is 1. The number of aliphatic hydroxyl groups excluding tert-OH is 1. The van der Waals surface area contributed by atoms with Crippen LogP contribution in [0.2, 0.25) is 0 Å². The molecular formula is C10H15BrN2O2. The van der Waals surface area contributed by atoms with Gasteiger partial charge in [-0.2, -0.15) is 0 Å². The third-order valence-corrected chi connectivity index (χ3v) is 2.16. The van der Waals surface area contributed by atoms with E-state index in [9.17, 15) is 0 Å². The largest absolute Gasteiger partial charge is 0.394 e. The molecule has 0 amide bonds. The number of nitrogens with zero attached hydrogens (tertiary/aromatic N) is 1. The summed E-state index contributed by atoms with van der Waals surface area (Å²) in [4.78, 5) is 4.23. The van der Waals surface area contributed by atoms with Crippen molar-refractivity contribution in [1.29, 1.82) is 0 Å². The second-order valence-electron chi connectivity index (χ2n) is 2.96. The lowest BCUT2D eigenvalue weighted by molar-refractivity contribution is 0.0922. The van der Waals surface area contributed by atoms with Crippen molar-refractivity contribution >= 4 is 21.7 Å². The third-order valence-electron chi connectivity index (χ3n) is 1.72. The van der Waals surface area contributed by atoms with E-state index in [1.165, 1.54) is 0 Å². The standard InChI is InChI=1S/C10H15BrN2O2/c11-9-3-1-4-10(13-9)12-5-2-7-15-8-6-14/h1,3-4,14H,2,5-8H2,(H,12,13). The highest BCUT2D eigenvalue weighted by atomic mass is 79.9. The fraction of sp³-hybridized carbons (Fsp3) is 0.500. The molecule has 0 bridgehead atoms. The molecule has 0 aliphatic heterocycles. The van der Waals surface area contributed by atoms with Crippen LogP contribution in [0.5, 0.6) is 0 Å². The van der Waals surface area contributed by atoms with E-state index in [-0.39, 0.29) is 6.61 Å². The zero-order valence-corrected chi connectivity index (χ0v) is 10.0. The van der Waals surface area contributed by atoms with Crippen LogP contribution in [0, 0.1) is 0 Å². The fourth-order valence-electron chi connectivity index (χ4n) is 1.06. The Bertz CT molecular complexity index is 284. The normalized spacial score (nSPS) is 10.3. The van der Waals surface area contributed by atoms with Crippen molar-refractivity contribution in [3.8, 4) is 0 Å². The van der Waals surface area contributed by atoms with E-state index < -0.39 is 0 Å². The van der Waals surface area contributed by atoms with Gasteiger partial charge in [0.15, 0.2) is 0 Å². The Labute approximate surface area is 97.8 Å². The highest BCUT2D eigenvalue weighted by Crippen LogP contribution is 2.09. The minimum atomic E-state index is 0.0839. The SMILES string of the molecule is OCCOCCCNc1cccc(Br)n1. The van der Waals surface area contributed by atoms with Crippen LogP contribution in [-0.2, 0) is 4.74 Å². The molecule has 2 N–H and O–H groups in total. The fourth-order valence-corrected chi connectivity index (χ4v) is 1.41. The first kappa shape index (κ1) is 12.4. The van der Waals surface area contributed by atoms with Crippen molar-refractivity contribution in [2.45, 2.75) is 6.42 Å². The molecule has 1 aromatic rings. The van der Waals surface area contributed by atoms with E-state index in [0.29, 0.717) is 13.2 Å². The Morgan fingerprint density at radius 1 is 1.40 bits per heavy atom. The lowest BCUT2D eigenvalue weighted by Gasteiger charge is -2.05. The molecular weight excluding hydrogens is 260 g/mol. The maximum Gasteiger partial charge on any atom is 0.127 e. The predicted molar refractivity (Wildman–Crippen MR) is 62.9 cm³/mol. The molecule has 1 aromatic heterocycles. The summed E-state index contributed by atoms with van der Waals surface area (Å²) in [7, 11) is 0. The van der Waals surface area contributed by atoms with Gasteiger partial charge >= 0.3 is 0 Å². The molecule has 0 aliphatic rings. The van der Waals surface area contributed by atoms with E-state index >= 15 is 0 Å². The molecule has 0 atom stereocenters. The molecule has 0 unspecified atom stereocenters. The number of hydrogen-bond donors (Lipinski definition) is 2. The van der Waals surface area contributed by atoms with Crippen molar-refractivity contribution in [3.63, 3.8) is 0 Å². The lowest BCUT2D eigenvalue weighted by Crippen LogP contribution is -2.08. The lowest BCUT2D eigenvalue weighted by atomic mass is 10.4. The zero-order chi connectivity index (χ0) is 10.9. The van der Waals surface area contributed by atoms with Crippen LogP contribution in [0.3, 0.4) is 0 Å². The molecule has 0 aliphatic carbocycles. The Balaban J connectivity index is 2.10. The van der Waals surface area contributed by atoms with Crippen LogP contribution in [0.25, 0.3) is 0 Å². The quantitative estimate of drug-likeness (QED) is 0.587. The van der Waals surface area contributed by atoms with Gasteiger partial charge in [-0.15, -0.1) is 0 Å². The number of hydrogen-bond acceptors (Lipinski definition) is 4. The van der Waals surface area contributed by atoms with E-state index in [1.54, 1.807) is 0 Å². The Morgan fingerprint density at radius 2 is 2.27 bits per heavy atom. The molecule has 0 aromatic carbocycles. The summed E-state index contributed by atoms with van der Waals surface area (Å²) >= 11 is 3.30. The van der Waals surface area contributed by atoms with Crippen LogP contribution in [0.1, 0.15) is 6.42 Å². The molecule has 4 nitrogen and oxygen atoms in total. The van der Waals surface area contributed by atoms with Gasteiger partial charge in [-0.25, -0.2) is 4.98 Å². The minimum absolute atomic E-state index is 0.0839. The van der Waals surface area contributed by atoms with Gasteiger partial charge < -0.3 is 15.2 Å². The maximum atomic E-state index is 8.48. The van der Waals surface area contributed by atoms with Crippen LogP contribution in [-0.4, -0.2) is 36.5 Å². The molecule has 0 radical (unpaired) electrons. The average molecular weight is 275 g/mol. The zero-order valence-electron chi connectivity index (χ0n) is 8.45. The number of nitrogens with one attached hydrogen (secondary N) is 1. The highest BCUT2D eigenvalue weighted by molar-refractivity contribution is 9.10. The van der Waals surface area contributed by atoms with E-state index in [0.717, 1.165) is 23.4 Å². The summed E-state index contributed by atoms with van der Waals surface area (Å²) in [6.45, 7) is 1.96. The number of rotatable bonds is 7. The first-order valence-electron chi connectivity index (χ1n) is 4.88. The summed E-state index contributed by atoms with van der Waals surface area (Å²) < 4.78 is 5.95. The predicted octanol–water partition coefficient (Wildman–Crippen LogP) is 1.65. The molecule has 0 fully saturated rings. The molecule has 0 saturated carbocycles. The number of ether oxygens (including phenoxy) is 1. The van der Waals surface area contributed by atoms with Crippen molar-refractivity contribution in [2.75, 3.05) is 31.7 Å². The summed E-state index contributed by atoms with van der Waals surface area (Å²) in [5.74, 6) is 0.853. The Morgan fingerprint density at radius 3 is 3.00 bits per heavy atom. The van der Waals surface area contributed by atoms with Gasteiger partial charge in [0, 0.05) is 13.2 Å². The highest BCUT2D eigenvalue weighted by Gasteiger charge is 1.94. The van der Waals surface area contributed by atoms with Gasteiger partial charge in [-0.1, -0.05) is 6.07 Å². The monoisotopic (exact) mass is 274 g/mol. The first-order chi connectivity index (χ1) is 7.33. The first-order valence-corrected chi connectivity index (χ1v) is 5.67. The molecule has 5 heteroatoms. The van der Waals surface area contributed by atoms with E-state index in [4.69, 9.17) is 9.84 Å². The van der Waals surface area contributed by atoms with Gasteiger partial charge in [0.25, 0.3) is 0 Å². The second-order valence-corrected chi connectivity index (χ2v) is 3.77. The maximum absolute atomic E-state index is 8.48. The molecule has 0 spiro atoms. The number of pyridine rings is 1. The Kier molecular flexibility index (Phi) is 6.31. The molecule has 0 saturated heterocycles.